The molecule has 2 atom stereocenters. The van der Waals surface area contributed by atoms with Crippen LogP contribution in [-0.4, -0.2) is 51.3 Å². The fourth-order valence-electron chi connectivity index (χ4n) is 1.69. The van der Waals surface area contributed by atoms with Gasteiger partial charge in [-0.1, -0.05) is 0 Å². The molecular weight excluding hydrogens is 252 g/mol. The van der Waals surface area contributed by atoms with Crippen molar-refractivity contribution in [2.75, 3.05) is 7.05 Å². The Hall–Kier alpha value is -1.93. The monoisotopic (exact) mass is 271 g/mol. The third-order valence-corrected chi connectivity index (χ3v) is 2.85. The highest BCUT2D eigenvalue weighted by Crippen LogP contribution is 2.04. The molecule has 106 valence electrons. The predicted molar refractivity (Wildman–Crippen MR) is 65.5 cm³/mol. The third kappa shape index (κ3) is 4.68. The Morgan fingerprint density at radius 1 is 1.47 bits per heavy atom. The molecule has 0 aliphatic carbocycles. The summed E-state index contributed by atoms with van der Waals surface area (Å²) < 4.78 is 0. The lowest BCUT2D eigenvalue weighted by molar-refractivity contribution is -0.652. The minimum atomic E-state index is -1.07. The Morgan fingerprint density at radius 3 is 2.68 bits per heavy atom. The van der Waals surface area contributed by atoms with E-state index in [0.29, 0.717) is 24.4 Å². The fourth-order valence-corrected chi connectivity index (χ4v) is 1.69. The number of hydrogen-bond donors (Lipinski definition) is 5. The number of quaternary nitrogens is 1. The van der Waals surface area contributed by atoms with E-state index in [9.17, 15) is 9.59 Å². The van der Waals surface area contributed by atoms with Crippen molar-refractivity contribution in [2.45, 2.75) is 31.3 Å². The average molecular weight is 271 g/mol. The van der Waals surface area contributed by atoms with Gasteiger partial charge in [0, 0.05) is 31.2 Å². The van der Waals surface area contributed by atoms with E-state index in [2.05, 4.69) is 9.97 Å². The van der Waals surface area contributed by atoms with Gasteiger partial charge in [-0.3, -0.25) is 4.79 Å². The standard InChI is InChI=1S/C11H18N4O4/c1-13-8(11(18)19)2-3-9-14-5-6(15-9)4-7(12)10(16)17/h5,7-8,13H,2-4,12H2,1H3,(H,14,15)(H,16,17)(H,18,19)/p+1/t7-,8?/m0/s1. The summed E-state index contributed by atoms with van der Waals surface area (Å²) in [6.45, 7) is 0. The van der Waals surface area contributed by atoms with E-state index in [4.69, 9.17) is 15.9 Å². The molecule has 7 N–H and O–H groups in total. The quantitative estimate of drug-likeness (QED) is 0.367. The first kappa shape index (κ1) is 15.1. The highest BCUT2D eigenvalue weighted by atomic mass is 16.4. The molecule has 0 fully saturated rings. The second-order valence-electron chi connectivity index (χ2n) is 4.32. The molecule has 0 saturated carbocycles. The summed E-state index contributed by atoms with van der Waals surface area (Å²) in [5.41, 5.74) is 6.05. The molecule has 0 amide bonds. The SMILES string of the molecule is C[NH2+]C(CCc1ncc(C[C@H](N)C(=O)O)[nH]1)C(=O)O. The molecule has 0 bridgehead atoms. The summed E-state index contributed by atoms with van der Waals surface area (Å²) in [5, 5.41) is 19.2. The number of likely N-dealkylation sites (N-methyl/N-ethyl adjacent to an activating group) is 1. The van der Waals surface area contributed by atoms with Crippen LogP contribution >= 0.6 is 0 Å². The number of aromatic nitrogens is 2. The Morgan fingerprint density at radius 2 is 2.16 bits per heavy atom. The Balaban J connectivity index is 2.51. The van der Waals surface area contributed by atoms with Gasteiger partial charge in [-0.15, -0.1) is 0 Å². The number of aliphatic carboxylic acids is 2. The maximum absolute atomic E-state index is 10.8. The highest BCUT2D eigenvalue weighted by molar-refractivity contribution is 5.73. The first-order chi connectivity index (χ1) is 8.93. The van der Waals surface area contributed by atoms with Gasteiger partial charge in [-0.05, 0) is 0 Å². The number of carbonyl (C=O) groups is 2. The van der Waals surface area contributed by atoms with Gasteiger partial charge < -0.3 is 26.2 Å². The van der Waals surface area contributed by atoms with Gasteiger partial charge >= 0.3 is 11.9 Å². The molecule has 0 radical (unpaired) electrons. The van der Waals surface area contributed by atoms with Crippen LogP contribution in [0.2, 0.25) is 0 Å². The van der Waals surface area contributed by atoms with Crippen molar-refractivity contribution in [1.82, 2.24) is 9.97 Å². The molecule has 8 heteroatoms. The molecule has 0 aliphatic rings. The average Bonchev–Trinajstić information content (AvgIpc) is 2.77. The number of imidazole rings is 1. The maximum Gasteiger partial charge on any atom is 0.362 e. The minimum absolute atomic E-state index is 0.171. The van der Waals surface area contributed by atoms with Crippen molar-refractivity contribution in [3.05, 3.63) is 17.7 Å². The van der Waals surface area contributed by atoms with Gasteiger partial charge in [0.2, 0.25) is 0 Å². The van der Waals surface area contributed by atoms with Gasteiger partial charge in [-0.25, -0.2) is 9.78 Å². The molecule has 0 spiro atoms. The molecule has 1 aromatic heterocycles. The van der Waals surface area contributed by atoms with Crippen molar-refractivity contribution in [3.8, 4) is 0 Å². The van der Waals surface area contributed by atoms with Crippen molar-refractivity contribution >= 4 is 11.9 Å². The summed E-state index contributed by atoms with van der Waals surface area (Å²) in [4.78, 5) is 28.5. The van der Waals surface area contributed by atoms with Crippen molar-refractivity contribution in [2.24, 2.45) is 5.73 Å². The van der Waals surface area contributed by atoms with Gasteiger partial charge in [0.15, 0.2) is 6.04 Å². The minimum Gasteiger partial charge on any atom is -0.480 e. The lowest BCUT2D eigenvalue weighted by atomic mass is 10.1. The normalized spacial score (nSPS) is 14.0. The lowest BCUT2D eigenvalue weighted by Crippen LogP contribution is -2.88. The van der Waals surface area contributed by atoms with Gasteiger partial charge in [0.05, 0.1) is 7.05 Å². The molecule has 1 unspecified atom stereocenters. The molecule has 1 rings (SSSR count). The van der Waals surface area contributed by atoms with Crippen LogP contribution in [0, 0.1) is 0 Å². The van der Waals surface area contributed by atoms with E-state index < -0.39 is 24.0 Å². The second-order valence-corrected chi connectivity index (χ2v) is 4.32. The van der Waals surface area contributed by atoms with E-state index in [-0.39, 0.29) is 6.42 Å². The number of rotatable bonds is 8. The summed E-state index contributed by atoms with van der Waals surface area (Å²) in [6, 6.07) is -1.47. The number of nitrogens with zero attached hydrogens (tertiary/aromatic N) is 1. The second kappa shape index (κ2) is 6.86. The fraction of sp³-hybridized carbons (Fsp3) is 0.545. The Labute approximate surface area is 110 Å². The first-order valence-electron chi connectivity index (χ1n) is 5.97. The first-order valence-corrected chi connectivity index (χ1v) is 5.97. The largest absolute Gasteiger partial charge is 0.480 e. The van der Waals surface area contributed by atoms with E-state index in [1.54, 1.807) is 12.4 Å². The van der Waals surface area contributed by atoms with Gasteiger partial charge in [0.25, 0.3) is 0 Å². The predicted octanol–water partition coefficient (Wildman–Crippen LogP) is -2.06. The van der Waals surface area contributed by atoms with E-state index in [1.165, 1.54) is 6.20 Å². The molecule has 8 nitrogen and oxygen atoms in total. The van der Waals surface area contributed by atoms with Crippen molar-refractivity contribution in [3.63, 3.8) is 0 Å². The summed E-state index contributed by atoms with van der Waals surface area (Å²) in [5.74, 6) is -1.29. The molecular formula is C11H19N4O4+. The zero-order valence-corrected chi connectivity index (χ0v) is 10.7. The summed E-state index contributed by atoms with van der Waals surface area (Å²) >= 11 is 0. The van der Waals surface area contributed by atoms with Crippen LogP contribution in [0.5, 0.6) is 0 Å². The third-order valence-electron chi connectivity index (χ3n) is 2.85. The number of nitrogens with two attached hydrogens (primary N) is 2. The van der Waals surface area contributed by atoms with Crippen LogP contribution in [0.3, 0.4) is 0 Å². The maximum atomic E-state index is 10.8. The Kier molecular flexibility index (Phi) is 5.46. The zero-order valence-electron chi connectivity index (χ0n) is 10.7. The lowest BCUT2D eigenvalue weighted by Gasteiger charge is -2.06. The molecule has 1 heterocycles. The smallest absolute Gasteiger partial charge is 0.362 e. The number of carboxylic acids is 2. The number of H-pyrrole nitrogens is 1. The van der Waals surface area contributed by atoms with E-state index in [1.807, 2.05) is 0 Å². The highest BCUT2D eigenvalue weighted by Gasteiger charge is 2.19. The molecule has 19 heavy (non-hydrogen) atoms. The molecule has 0 aromatic carbocycles. The molecule has 1 aromatic rings. The number of nitrogens with one attached hydrogen (secondary N) is 1. The van der Waals surface area contributed by atoms with Crippen LogP contribution in [-0.2, 0) is 22.4 Å². The van der Waals surface area contributed by atoms with E-state index >= 15 is 0 Å². The van der Waals surface area contributed by atoms with Crippen LogP contribution < -0.4 is 11.1 Å². The van der Waals surface area contributed by atoms with Crippen LogP contribution in [0.4, 0.5) is 0 Å². The van der Waals surface area contributed by atoms with Crippen LogP contribution in [0.25, 0.3) is 0 Å². The number of hydrogen-bond acceptors (Lipinski definition) is 4. The van der Waals surface area contributed by atoms with Gasteiger partial charge in [-0.2, -0.15) is 0 Å². The van der Waals surface area contributed by atoms with Crippen LogP contribution in [0.1, 0.15) is 17.9 Å². The van der Waals surface area contributed by atoms with Crippen molar-refractivity contribution in [1.29, 1.82) is 0 Å². The molecule has 0 saturated heterocycles. The van der Waals surface area contributed by atoms with Crippen molar-refractivity contribution < 1.29 is 25.1 Å². The topological polar surface area (TPSA) is 146 Å². The summed E-state index contributed by atoms with van der Waals surface area (Å²) in [6.07, 6.45) is 2.64. The summed E-state index contributed by atoms with van der Waals surface area (Å²) in [7, 11) is 1.71. The molecule has 0 aliphatic heterocycles. The Bertz CT molecular complexity index is 446. The van der Waals surface area contributed by atoms with Crippen LogP contribution in [0.15, 0.2) is 6.20 Å². The van der Waals surface area contributed by atoms with E-state index in [0.717, 1.165) is 0 Å². The van der Waals surface area contributed by atoms with Gasteiger partial charge in [0.1, 0.15) is 11.9 Å². The number of aryl methyl sites for hydroxylation is 1. The number of aromatic amines is 1. The zero-order chi connectivity index (χ0) is 14.4. The number of carboxylic acid groups (broad SMARTS) is 2.